The van der Waals surface area contributed by atoms with E-state index in [2.05, 4.69) is 30.0 Å². The van der Waals surface area contributed by atoms with Crippen molar-refractivity contribution in [3.63, 3.8) is 0 Å². The molecule has 2 aliphatic rings. The summed E-state index contributed by atoms with van der Waals surface area (Å²) in [5, 5.41) is 0. The van der Waals surface area contributed by atoms with Crippen molar-refractivity contribution in [3.05, 3.63) is 23.3 Å². The quantitative estimate of drug-likeness (QED) is 0.625. The minimum atomic E-state index is 0. The Bertz CT molecular complexity index is 429. The summed E-state index contributed by atoms with van der Waals surface area (Å²) in [4.78, 5) is 0. The van der Waals surface area contributed by atoms with Crippen LogP contribution in [0.1, 0.15) is 11.1 Å². The second kappa shape index (κ2) is 3.74. The maximum atomic E-state index is 5.34. The van der Waals surface area contributed by atoms with Crippen molar-refractivity contribution in [2.24, 2.45) is 0 Å². The Labute approximate surface area is 94.7 Å². The highest BCUT2D eigenvalue weighted by Gasteiger charge is 2.20. The van der Waals surface area contributed by atoms with Crippen LogP contribution < -0.4 is 9.47 Å². The maximum Gasteiger partial charge on any atom is 0.231 e. The average molecular weight is 227 g/mol. The predicted molar refractivity (Wildman–Crippen MR) is 59.7 cm³/mol. The summed E-state index contributed by atoms with van der Waals surface area (Å²) >= 11 is 0. The second-order valence-corrected chi connectivity index (χ2v) is 3.76. The van der Waals surface area contributed by atoms with Crippen LogP contribution in [0.5, 0.6) is 11.5 Å². The number of rotatable bonds is 0. The van der Waals surface area contributed by atoms with E-state index in [9.17, 15) is 0 Å². The molecule has 80 valence electrons. The van der Waals surface area contributed by atoms with Gasteiger partial charge in [0, 0.05) is 12.0 Å². The summed E-state index contributed by atoms with van der Waals surface area (Å²) in [6, 6.07) is 4.16. The highest BCUT2D eigenvalue weighted by atomic mass is 35.5. The van der Waals surface area contributed by atoms with Crippen LogP contribution in [0.2, 0.25) is 0 Å². The molecule has 0 aromatic heterocycles. The van der Waals surface area contributed by atoms with Crippen LogP contribution in [0, 0.1) is 0 Å². The number of halogens is 1. The molecular formula is C11H13ClNO2+. The lowest BCUT2D eigenvalue weighted by molar-refractivity contribution is -0.493. The highest BCUT2D eigenvalue weighted by molar-refractivity contribution is 5.85. The molecule has 2 aliphatic heterocycles. The van der Waals surface area contributed by atoms with Crippen molar-refractivity contribution >= 4 is 18.6 Å². The zero-order valence-corrected chi connectivity index (χ0v) is 9.34. The summed E-state index contributed by atoms with van der Waals surface area (Å²) < 4.78 is 12.9. The number of fused-ring (bicyclic) bond motifs is 2. The van der Waals surface area contributed by atoms with Crippen LogP contribution in [-0.2, 0) is 6.42 Å². The van der Waals surface area contributed by atoms with Gasteiger partial charge in [-0.25, -0.2) is 4.58 Å². The number of ether oxygens (including phenoxy) is 2. The molecule has 0 bridgehead atoms. The molecule has 0 unspecified atom stereocenters. The second-order valence-electron chi connectivity index (χ2n) is 3.76. The zero-order valence-electron chi connectivity index (χ0n) is 8.53. The molecule has 3 rings (SSSR count). The molecule has 0 fully saturated rings. The van der Waals surface area contributed by atoms with Gasteiger partial charge in [-0.3, -0.25) is 0 Å². The topological polar surface area (TPSA) is 21.5 Å². The largest absolute Gasteiger partial charge is 0.454 e. The van der Waals surface area contributed by atoms with E-state index in [1.807, 2.05) is 0 Å². The van der Waals surface area contributed by atoms with Crippen LogP contribution in [0.15, 0.2) is 12.1 Å². The Morgan fingerprint density at radius 1 is 1.20 bits per heavy atom. The first-order valence-electron chi connectivity index (χ1n) is 4.80. The van der Waals surface area contributed by atoms with E-state index < -0.39 is 0 Å². The Hall–Kier alpha value is -1.22. The minimum Gasteiger partial charge on any atom is -0.454 e. The van der Waals surface area contributed by atoms with Crippen LogP contribution in [0.25, 0.3) is 0 Å². The molecule has 3 nitrogen and oxygen atoms in total. The molecule has 4 heteroatoms. The van der Waals surface area contributed by atoms with Crippen molar-refractivity contribution in [1.82, 2.24) is 0 Å². The number of likely N-dealkylation sites (N-methyl/N-ethyl adjacent to an activating group) is 1. The van der Waals surface area contributed by atoms with Gasteiger partial charge in [0.05, 0.1) is 0 Å². The van der Waals surface area contributed by atoms with Crippen molar-refractivity contribution < 1.29 is 14.0 Å². The monoisotopic (exact) mass is 226 g/mol. The normalized spacial score (nSPS) is 16.5. The lowest BCUT2D eigenvalue weighted by Crippen LogP contribution is -2.18. The first-order valence-corrected chi connectivity index (χ1v) is 4.80. The van der Waals surface area contributed by atoms with E-state index in [1.165, 1.54) is 11.1 Å². The molecule has 0 atom stereocenters. The first-order chi connectivity index (χ1) is 6.83. The van der Waals surface area contributed by atoms with Crippen LogP contribution >= 0.6 is 12.4 Å². The summed E-state index contributed by atoms with van der Waals surface area (Å²) in [5.74, 6) is 1.76. The average Bonchev–Trinajstić information content (AvgIpc) is 2.61. The van der Waals surface area contributed by atoms with Crippen LogP contribution in [0.4, 0.5) is 0 Å². The van der Waals surface area contributed by atoms with E-state index in [1.54, 1.807) is 0 Å². The third kappa shape index (κ3) is 1.67. The predicted octanol–water partition coefficient (Wildman–Crippen LogP) is 1.45. The fourth-order valence-corrected chi connectivity index (χ4v) is 1.94. The Kier molecular flexibility index (Phi) is 2.57. The van der Waals surface area contributed by atoms with E-state index in [4.69, 9.17) is 9.47 Å². The van der Waals surface area contributed by atoms with E-state index in [-0.39, 0.29) is 12.4 Å². The van der Waals surface area contributed by atoms with Crippen molar-refractivity contribution in [2.45, 2.75) is 6.42 Å². The highest BCUT2D eigenvalue weighted by Crippen LogP contribution is 2.35. The number of nitrogens with zero attached hydrogens (tertiary/aromatic N) is 1. The molecule has 0 saturated carbocycles. The lowest BCUT2D eigenvalue weighted by atomic mass is 10.0. The molecule has 2 heterocycles. The molecule has 0 aliphatic carbocycles. The summed E-state index contributed by atoms with van der Waals surface area (Å²) in [6.07, 6.45) is 3.24. The van der Waals surface area contributed by atoms with Gasteiger partial charge in [-0.2, -0.15) is 0 Å². The molecule has 0 amide bonds. The van der Waals surface area contributed by atoms with Gasteiger partial charge in [0.1, 0.15) is 13.6 Å². The fraction of sp³-hybridized carbons (Fsp3) is 0.364. The van der Waals surface area contributed by atoms with Crippen LogP contribution in [-0.4, -0.2) is 31.2 Å². The molecular weight excluding hydrogens is 214 g/mol. The van der Waals surface area contributed by atoms with E-state index in [0.29, 0.717) is 6.79 Å². The van der Waals surface area contributed by atoms with Crippen molar-refractivity contribution in [1.29, 1.82) is 0 Å². The molecule has 0 N–H and O–H groups in total. The maximum absolute atomic E-state index is 5.34. The van der Waals surface area contributed by atoms with Crippen molar-refractivity contribution in [2.75, 3.05) is 20.4 Å². The Balaban J connectivity index is 0.000000853. The van der Waals surface area contributed by atoms with Gasteiger partial charge < -0.3 is 9.47 Å². The zero-order chi connectivity index (χ0) is 9.54. The Morgan fingerprint density at radius 3 is 2.73 bits per heavy atom. The van der Waals surface area contributed by atoms with Gasteiger partial charge in [0.2, 0.25) is 6.79 Å². The standard InChI is InChI=1S/C11H12NO2.ClH/c1-12-3-2-8-4-10-11(14-7-13-10)5-9(8)6-12;/h4-6H,2-3,7H2,1H3;1H/q+1;. The number of hydrogen-bond donors (Lipinski definition) is 0. The van der Waals surface area contributed by atoms with Gasteiger partial charge in [0.25, 0.3) is 0 Å². The van der Waals surface area contributed by atoms with Gasteiger partial charge >= 0.3 is 0 Å². The third-order valence-corrected chi connectivity index (χ3v) is 2.73. The first kappa shape index (κ1) is 10.3. The number of benzene rings is 1. The molecule has 0 spiro atoms. The SMILES string of the molecule is C[N+]1=Cc2cc3c(cc2CC1)OCO3.Cl. The molecule has 0 saturated heterocycles. The summed E-state index contributed by atoms with van der Waals surface area (Å²) in [6.45, 7) is 1.43. The summed E-state index contributed by atoms with van der Waals surface area (Å²) in [7, 11) is 2.09. The smallest absolute Gasteiger partial charge is 0.231 e. The number of hydrogen-bond acceptors (Lipinski definition) is 2. The molecule has 15 heavy (non-hydrogen) atoms. The van der Waals surface area contributed by atoms with Gasteiger partial charge in [0.15, 0.2) is 17.7 Å². The molecule has 1 aromatic carbocycles. The Morgan fingerprint density at radius 2 is 1.93 bits per heavy atom. The molecule has 1 aromatic rings. The molecule has 0 radical (unpaired) electrons. The van der Waals surface area contributed by atoms with E-state index in [0.717, 1.165) is 24.5 Å². The summed E-state index contributed by atoms with van der Waals surface area (Å²) in [5.41, 5.74) is 2.61. The van der Waals surface area contributed by atoms with E-state index >= 15 is 0 Å². The third-order valence-electron chi connectivity index (χ3n) is 2.73. The van der Waals surface area contributed by atoms with Gasteiger partial charge in [-0.1, -0.05) is 0 Å². The lowest BCUT2D eigenvalue weighted by Gasteiger charge is -2.10. The minimum absolute atomic E-state index is 0. The van der Waals surface area contributed by atoms with Crippen molar-refractivity contribution in [3.8, 4) is 11.5 Å². The van der Waals surface area contributed by atoms with Gasteiger partial charge in [-0.15, -0.1) is 12.4 Å². The van der Waals surface area contributed by atoms with Gasteiger partial charge in [-0.05, 0) is 17.7 Å². The van der Waals surface area contributed by atoms with Crippen LogP contribution in [0.3, 0.4) is 0 Å². The fourth-order valence-electron chi connectivity index (χ4n) is 1.94.